The Morgan fingerprint density at radius 1 is 1.10 bits per heavy atom. The predicted octanol–water partition coefficient (Wildman–Crippen LogP) is 6.25. The van der Waals surface area contributed by atoms with Crippen LogP contribution in [0.4, 0.5) is 4.39 Å². The van der Waals surface area contributed by atoms with E-state index >= 15 is 0 Å². The first-order chi connectivity index (χ1) is 9.91. The highest BCUT2D eigenvalue weighted by atomic mass is 35.5. The molecule has 2 rings (SSSR count). The van der Waals surface area contributed by atoms with Gasteiger partial charge in [-0.1, -0.05) is 57.0 Å². The minimum absolute atomic E-state index is 0.186. The van der Waals surface area contributed by atoms with Gasteiger partial charge in [0, 0.05) is 0 Å². The number of para-hydroxylation sites is 1. The number of rotatable bonds is 5. The van der Waals surface area contributed by atoms with Gasteiger partial charge in [-0.05, 0) is 41.7 Å². The summed E-state index contributed by atoms with van der Waals surface area (Å²) in [5.74, 6) is 0.283. The summed E-state index contributed by atoms with van der Waals surface area (Å²) in [7, 11) is 0. The quantitative estimate of drug-likeness (QED) is 0.634. The van der Waals surface area contributed by atoms with Gasteiger partial charge < -0.3 is 4.74 Å². The molecule has 0 saturated heterocycles. The average Bonchev–Trinajstić information content (AvgIpc) is 2.45. The maximum Gasteiger partial charge on any atom is 0.165 e. The lowest BCUT2D eigenvalue weighted by molar-refractivity contribution is 0.348. The monoisotopic (exact) mass is 306 g/mol. The molecule has 0 bridgehead atoms. The van der Waals surface area contributed by atoms with Crippen molar-refractivity contribution in [3.63, 3.8) is 0 Å². The molecule has 2 aromatic rings. The van der Waals surface area contributed by atoms with Crippen molar-refractivity contribution < 1.29 is 9.13 Å². The Hall–Kier alpha value is -1.54. The first-order valence-electron chi connectivity index (χ1n) is 7.12. The molecule has 0 N–H and O–H groups in total. The van der Waals surface area contributed by atoms with Crippen molar-refractivity contribution in [3.05, 3.63) is 58.9 Å². The summed E-state index contributed by atoms with van der Waals surface area (Å²) >= 11 is 6.16. The summed E-state index contributed by atoms with van der Waals surface area (Å²) in [4.78, 5) is 0. The molecule has 0 atom stereocenters. The van der Waals surface area contributed by atoms with Gasteiger partial charge in [0.25, 0.3) is 0 Å². The molecule has 0 fully saturated rings. The molecule has 0 aliphatic heterocycles. The van der Waals surface area contributed by atoms with Gasteiger partial charge in [-0.15, -0.1) is 0 Å². The summed E-state index contributed by atoms with van der Waals surface area (Å²) in [6.45, 7) is 6.62. The number of hydrogen-bond acceptors (Lipinski definition) is 1. The molecule has 0 radical (unpaired) electrons. The molecule has 112 valence electrons. The molecule has 21 heavy (non-hydrogen) atoms. The molecule has 0 aliphatic rings. The van der Waals surface area contributed by atoms with Crippen molar-refractivity contribution in [2.75, 3.05) is 0 Å². The minimum atomic E-state index is -0.396. The number of ether oxygens (including phenoxy) is 1. The highest BCUT2D eigenvalue weighted by Gasteiger charge is 2.17. The molecule has 2 aromatic carbocycles. The third-order valence-corrected chi connectivity index (χ3v) is 4.00. The molecule has 0 amide bonds. The van der Waals surface area contributed by atoms with Crippen LogP contribution in [0.15, 0.2) is 42.5 Å². The summed E-state index contributed by atoms with van der Waals surface area (Å²) in [6, 6.07) is 12.0. The topological polar surface area (TPSA) is 9.23 Å². The number of halogens is 2. The van der Waals surface area contributed by atoms with E-state index < -0.39 is 5.82 Å². The smallest absolute Gasteiger partial charge is 0.165 e. The van der Waals surface area contributed by atoms with Gasteiger partial charge in [0.15, 0.2) is 11.6 Å². The van der Waals surface area contributed by atoms with E-state index in [1.54, 1.807) is 24.3 Å². The Bertz CT molecular complexity index is 622. The third kappa shape index (κ3) is 4.21. The minimum Gasteiger partial charge on any atom is -0.453 e. The summed E-state index contributed by atoms with van der Waals surface area (Å²) in [5.41, 5.74) is 1.35. The molecule has 0 spiro atoms. The lowest BCUT2D eigenvalue weighted by atomic mass is 9.83. The van der Waals surface area contributed by atoms with E-state index in [0.29, 0.717) is 10.8 Å². The zero-order valence-electron chi connectivity index (χ0n) is 12.6. The van der Waals surface area contributed by atoms with E-state index in [9.17, 15) is 4.39 Å². The summed E-state index contributed by atoms with van der Waals surface area (Å²) in [6.07, 6.45) is 2.01. The molecule has 0 aromatic heterocycles. The van der Waals surface area contributed by atoms with Gasteiger partial charge in [-0.25, -0.2) is 4.39 Å². The highest BCUT2D eigenvalue weighted by molar-refractivity contribution is 6.32. The van der Waals surface area contributed by atoms with E-state index in [1.807, 2.05) is 12.1 Å². The normalized spacial score (nSPS) is 11.5. The van der Waals surface area contributed by atoms with Gasteiger partial charge in [0.05, 0.1) is 5.02 Å². The lowest BCUT2D eigenvalue weighted by Crippen LogP contribution is -2.13. The van der Waals surface area contributed by atoms with Crippen molar-refractivity contribution in [2.24, 2.45) is 5.41 Å². The summed E-state index contributed by atoms with van der Waals surface area (Å²) in [5, 5.41) is 0.483. The van der Waals surface area contributed by atoms with Crippen LogP contribution in [-0.2, 0) is 6.42 Å². The van der Waals surface area contributed by atoms with Crippen molar-refractivity contribution in [2.45, 2.75) is 33.6 Å². The largest absolute Gasteiger partial charge is 0.453 e. The van der Waals surface area contributed by atoms with Gasteiger partial charge in [0.2, 0.25) is 0 Å². The van der Waals surface area contributed by atoms with Crippen LogP contribution in [0, 0.1) is 11.2 Å². The lowest BCUT2D eigenvalue weighted by Gasteiger charge is -2.23. The third-order valence-electron chi connectivity index (χ3n) is 3.69. The van der Waals surface area contributed by atoms with E-state index in [2.05, 4.69) is 20.8 Å². The Morgan fingerprint density at radius 2 is 1.81 bits per heavy atom. The fourth-order valence-corrected chi connectivity index (χ4v) is 2.22. The fraction of sp³-hybridized carbons (Fsp3) is 0.333. The van der Waals surface area contributed by atoms with Crippen molar-refractivity contribution in [1.82, 2.24) is 0 Å². The number of benzene rings is 2. The van der Waals surface area contributed by atoms with Crippen LogP contribution in [0.3, 0.4) is 0 Å². The van der Waals surface area contributed by atoms with E-state index in [1.165, 1.54) is 6.07 Å². The van der Waals surface area contributed by atoms with Gasteiger partial charge in [-0.3, -0.25) is 0 Å². The first-order valence-corrected chi connectivity index (χ1v) is 7.50. The van der Waals surface area contributed by atoms with Crippen molar-refractivity contribution >= 4 is 11.6 Å². The Kier molecular flexibility index (Phi) is 4.89. The van der Waals surface area contributed by atoms with Crippen LogP contribution in [0.2, 0.25) is 5.02 Å². The zero-order valence-corrected chi connectivity index (χ0v) is 13.4. The van der Waals surface area contributed by atoms with Gasteiger partial charge in [-0.2, -0.15) is 0 Å². The fourth-order valence-electron chi connectivity index (χ4n) is 2.06. The molecular weight excluding hydrogens is 287 g/mol. The standard InChI is InChI=1S/C18H20ClFO/c1-4-18(2,3)12-13-9-10-14(19)17(11-13)21-16-8-6-5-7-15(16)20/h5-11H,4,12H2,1-3H3. The first kappa shape index (κ1) is 15.8. The molecule has 0 heterocycles. The SMILES string of the molecule is CCC(C)(C)Cc1ccc(Cl)c(Oc2ccccc2F)c1. The van der Waals surface area contributed by atoms with Crippen LogP contribution in [0.25, 0.3) is 0 Å². The van der Waals surface area contributed by atoms with Crippen molar-refractivity contribution in [3.8, 4) is 11.5 Å². The van der Waals surface area contributed by atoms with Crippen LogP contribution in [-0.4, -0.2) is 0 Å². The summed E-state index contributed by atoms with van der Waals surface area (Å²) < 4.78 is 19.3. The Labute approximate surface area is 130 Å². The number of hydrogen-bond donors (Lipinski definition) is 0. The van der Waals surface area contributed by atoms with Gasteiger partial charge >= 0.3 is 0 Å². The zero-order chi connectivity index (χ0) is 15.5. The second kappa shape index (κ2) is 6.48. The maximum atomic E-state index is 13.7. The van der Waals surface area contributed by atoms with Gasteiger partial charge in [0.1, 0.15) is 5.75 Å². The van der Waals surface area contributed by atoms with Crippen LogP contribution >= 0.6 is 11.6 Å². The second-order valence-electron chi connectivity index (χ2n) is 5.99. The Balaban J connectivity index is 2.26. The van der Waals surface area contributed by atoms with Crippen molar-refractivity contribution in [1.29, 1.82) is 0 Å². The van der Waals surface area contributed by atoms with E-state index in [4.69, 9.17) is 16.3 Å². The molecule has 0 unspecified atom stereocenters. The second-order valence-corrected chi connectivity index (χ2v) is 6.40. The molecule has 0 aliphatic carbocycles. The van der Waals surface area contributed by atoms with E-state index in [-0.39, 0.29) is 11.2 Å². The van der Waals surface area contributed by atoms with E-state index in [0.717, 1.165) is 18.4 Å². The predicted molar refractivity (Wildman–Crippen MR) is 85.7 cm³/mol. The molecule has 1 nitrogen and oxygen atoms in total. The molecule has 3 heteroatoms. The van der Waals surface area contributed by atoms with Crippen LogP contribution < -0.4 is 4.74 Å². The Morgan fingerprint density at radius 3 is 2.48 bits per heavy atom. The molecular formula is C18H20ClFO. The molecule has 0 saturated carbocycles. The highest BCUT2D eigenvalue weighted by Crippen LogP contribution is 2.34. The van der Waals surface area contributed by atoms with Crippen LogP contribution in [0.5, 0.6) is 11.5 Å². The average molecular weight is 307 g/mol. The maximum absolute atomic E-state index is 13.7. The van der Waals surface area contributed by atoms with Crippen LogP contribution in [0.1, 0.15) is 32.8 Å².